The zero-order valence-electron chi connectivity index (χ0n) is 15.8. The lowest BCUT2D eigenvalue weighted by Crippen LogP contribution is -2.26. The molecule has 0 spiro atoms. The Bertz CT molecular complexity index is 1230. The summed E-state index contributed by atoms with van der Waals surface area (Å²) >= 11 is 1.49. The minimum atomic E-state index is -0.805. The summed E-state index contributed by atoms with van der Waals surface area (Å²) in [4.78, 5) is 25.5. The first kappa shape index (κ1) is 18.3. The van der Waals surface area contributed by atoms with Crippen LogP contribution in [0.5, 0.6) is 5.75 Å². The summed E-state index contributed by atoms with van der Waals surface area (Å²) in [5, 5.41) is 2.92. The number of thiophene rings is 1. The lowest BCUT2D eigenvalue weighted by atomic mass is 10.1. The molecular formula is C22H19NO4S. The summed E-state index contributed by atoms with van der Waals surface area (Å²) in [6, 6.07) is 14.8. The van der Waals surface area contributed by atoms with E-state index in [0.717, 1.165) is 15.6 Å². The van der Waals surface area contributed by atoms with E-state index in [4.69, 9.17) is 9.47 Å². The zero-order chi connectivity index (χ0) is 19.9. The molecule has 3 aromatic heterocycles. The number of rotatable bonds is 2. The maximum absolute atomic E-state index is 13.2. The highest BCUT2D eigenvalue weighted by molar-refractivity contribution is 7.18. The van der Waals surface area contributed by atoms with E-state index in [-0.39, 0.29) is 5.56 Å². The number of hydrogen-bond donors (Lipinski definition) is 0. The van der Waals surface area contributed by atoms with Gasteiger partial charge in [0.1, 0.15) is 11.1 Å². The first-order chi connectivity index (χ1) is 13.3. The normalized spacial score (nSPS) is 11.7. The molecule has 0 bridgehead atoms. The Morgan fingerprint density at radius 3 is 2.54 bits per heavy atom. The molecule has 3 heterocycles. The van der Waals surface area contributed by atoms with Gasteiger partial charge in [0, 0.05) is 6.20 Å². The molecule has 0 amide bonds. The van der Waals surface area contributed by atoms with Crippen molar-refractivity contribution < 1.29 is 14.3 Å². The smallest absolute Gasteiger partial charge is 0.428 e. The Morgan fingerprint density at radius 1 is 1.07 bits per heavy atom. The molecule has 4 rings (SSSR count). The summed E-state index contributed by atoms with van der Waals surface area (Å²) in [6.45, 7) is 5.32. The van der Waals surface area contributed by atoms with E-state index in [0.29, 0.717) is 16.8 Å². The van der Waals surface area contributed by atoms with E-state index >= 15 is 0 Å². The van der Waals surface area contributed by atoms with Gasteiger partial charge >= 0.3 is 6.16 Å². The van der Waals surface area contributed by atoms with Crippen LogP contribution >= 0.6 is 11.3 Å². The van der Waals surface area contributed by atoms with Crippen LogP contribution in [0.4, 0.5) is 4.79 Å². The van der Waals surface area contributed by atoms with Gasteiger partial charge in [-0.2, -0.15) is 0 Å². The summed E-state index contributed by atoms with van der Waals surface area (Å²) in [5.74, 6) is 0.292. The number of fused-ring (bicyclic) bond motifs is 3. The van der Waals surface area contributed by atoms with Gasteiger partial charge in [0.05, 0.1) is 10.3 Å². The predicted molar refractivity (Wildman–Crippen MR) is 111 cm³/mol. The molecule has 0 saturated carbocycles. The van der Waals surface area contributed by atoms with Crippen molar-refractivity contribution in [3.63, 3.8) is 0 Å². The zero-order valence-corrected chi connectivity index (χ0v) is 16.6. The van der Waals surface area contributed by atoms with Gasteiger partial charge in [-0.1, -0.05) is 30.3 Å². The van der Waals surface area contributed by atoms with Crippen LogP contribution in [0.3, 0.4) is 0 Å². The van der Waals surface area contributed by atoms with E-state index < -0.39 is 11.8 Å². The first-order valence-corrected chi connectivity index (χ1v) is 9.73. The number of carbonyl (C=O) groups excluding carboxylic acids is 1. The maximum atomic E-state index is 13.2. The molecule has 28 heavy (non-hydrogen) atoms. The Hall–Kier alpha value is -3.12. The maximum Gasteiger partial charge on any atom is 0.514 e. The lowest BCUT2D eigenvalue weighted by Gasteiger charge is -2.19. The summed E-state index contributed by atoms with van der Waals surface area (Å²) < 4.78 is 13.3. The van der Waals surface area contributed by atoms with Gasteiger partial charge in [0.2, 0.25) is 0 Å². The standard InChI is InChI=1S/C22H19NO4S/c1-22(2,3)27-21(25)26-17-13-16(14-7-5-4-6-8-14)20(24)23-11-9-15-10-12-28-19(15)18(17)23/h4-13H,1-3H3. The Kier molecular flexibility index (Phi) is 4.43. The van der Waals surface area contributed by atoms with E-state index in [2.05, 4.69) is 0 Å². The van der Waals surface area contributed by atoms with Crippen LogP contribution in [0, 0.1) is 0 Å². The number of carbonyl (C=O) groups is 1. The molecule has 6 heteroatoms. The second-order valence-corrected chi connectivity index (χ2v) is 8.32. The largest absolute Gasteiger partial charge is 0.514 e. The van der Waals surface area contributed by atoms with Gasteiger partial charge in [-0.3, -0.25) is 9.20 Å². The summed E-state index contributed by atoms with van der Waals surface area (Å²) in [5.41, 5.74) is 0.907. The number of pyridine rings is 2. The SMILES string of the molecule is CC(C)(C)OC(=O)Oc1cc(-c2ccccc2)c(=O)n2ccc3ccsc3c12. The van der Waals surface area contributed by atoms with E-state index in [1.54, 1.807) is 33.0 Å². The number of ether oxygens (including phenoxy) is 2. The molecule has 0 aliphatic heterocycles. The van der Waals surface area contributed by atoms with Gasteiger partial charge in [0.25, 0.3) is 5.56 Å². The third kappa shape index (κ3) is 3.39. The Morgan fingerprint density at radius 2 is 1.82 bits per heavy atom. The third-order valence-corrected chi connectivity index (χ3v) is 5.12. The van der Waals surface area contributed by atoms with Gasteiger partial charge in [0.15, 0.2) is 5.75 Å². The van der Waals surface area contributed by atoms with Gasteiger partial charge < -0.3 is 9.47 Å². The quantitative estimate of drug-likeness (QED) is 0.422. The van der Waals surface area contributed by atoms with Gasteiger partial charge in [-0.15, -0.1) is 11.3 Å². The molecule has 142 valence electrons. The molecule has 0 atom stereocenters. The van der Waals surface area contributed by atoms with Crippen LogP contribution in [0.15, 0.2) is 64.9 Å². The molecule has 1 aromatic carbocycles. The number of aromatic nitrogens is 1. The summed E-state index contributed by atoms with van der Waals surface area (Å²) in [6.07, 6.45) is 0.904. The highest BCUT2D eigenvalue weighted by Gasteiger charge is 2.22. The van der Waals surface area contributed by atoms with E-state index in [1.807, 2.05) is 47.8 Å². The van der Waals surface area contributed by atoms with Crippen molar-refractivity contribution in [2.24, 2.45) is 0 Å². The number of nitrogens with zero attached hydrogens (tertiary/aromatic N) is 1. The fraction of sp³-hybridized carbons (Fsp3) is 0.182. The molecule has 0 radical (unpaired) electrons. The van der Waals surface area contributed by atoms with Crippen LogP contribution in [0.25, 0.3) is 26.7 Å². The molecule has 5 nitrogen and oxygen atoms in total. The second-order valence-electron chi connectivity index (χ2n) is 7.40. The minimum absolute atomic E-state index is 0.173. The predicted octanol–water partition coefficient (Wildman–Crippen LogP) is 5.50. The molecule has 4 aromatic rings. The van der Waals surface area contributed by atoms with Crippen LogP contribution in [0.1, 0.15) is 20.8 Å². The third-order valence-electron chi connectivity index (χ3n) is 4.18. The lowest BCUT2D eigenvalue weighted by molar-refractivity contribution is 0.0208. The molecule has 0 aliphatic carbocycles. The fourth-order valence-electron chi connectivity index (χ4n) is 3.04. The fourth-order valence-corrected chi connectivity index (χ4v) is 3.97. The van der Waals surface area contributed by atoms with Crippen LogP contribution in [-0.4, -0.2) is 16.2 Å². The molecule has 0 aliphatic rings. The minimum Gasteiger partial charge on any atom is -0.428 e. The van der Waals surface area contributed by atoms with Crippen LogP contribution in [-0.2, 0) is 4.74 Å². The van der Waals surface area contributed by atoms with Crippen molar-refractivity contribution in [1.29, 1.82) is 0 Å². The summed E-state index contributed by atoms with van der Waals surface area (Å²) in [7, 11) is 0. The van der Waals surface area contributed by atoms with Gasteiger partial charge in [-0.05, 0) is 55.3 Å². The Balaban J connectivity index is 1.97. The van der Waals surface area contributed by atoms with Crippen molar-refractivity contribution >= 4 is 33.1 Å². The average molecular weight is 393 g/mol. The average Bonchev–Trinajstić information content (AvgIpc) is 3.11. The monoisotopic (exact) mass is 393 g/mol. The van der Waals surface area contributed by atoms with Crippen LogP contribution in [0.2, 0.25) is 0 Å². The van der Waals surface area contributed by atoms with Gasteiger partial charge in [-0.25, -0.2) is 4.79 Å². The molecular weight excluding hydrogens is 374 g/mol. The number of benzene rings is 1. The Labute approximate surface area is 165 Å². The molecule has 0 unspecified atom stereocenters. The molecule has 0 saturated heterocycles. The highest BCUT2D eigenvalue weighted by Crippen LogP contribution is 2.33. The van der Waals surface area contributed by atoms with E-state index in [1.165, 1.54) is 15.7 Å². The first-order valence-electron chi connectivity index (χ1n) is 8.85. The van der Waals surface area contributed by atoms with Crippen molar-refractivity contribution in [3.8, 4) is 16.9 Å². The topological polar surface area (TPSA) is 57.0 Å². The van der Waals surface area contributed by atoms with Crippen molar-refractivity contribution in [3.05, 3.63) is 70.5 Å². The van der Waals surface area contributed by atoms with Crippen molar-refractivity contribution in [2.45, 2.75) is 26.4 Å². The number of hydrogen-bond acceptors (Lipinski definition) is 5. The van der Waals surface area contributed by atoms with Crippen LogP contribution < -0.4 is 10.3 Å². The highest BCUT2D eigenvalue weighted by atomic mass is 32.1. The van der Waals surface area contributed by atoms with E-state index in [9.17, 15) is 9.59 Å². The molecule has 0 fully saturated rings. The van der Waals surface area contributed by atoms with Crippen molar-refractivity contribution in [2.75, 3.05) is 0 Å². The molecule has 0 N–H and O–H groups in total. The second kappa shape index (κ2) is 6.80. The van der Waals surface area contributed by atoms with Crippen molar-refractivity contribution in [1.82, 2.24) is 4.40 Å².